The summed E-state index contributed by atoms with van der Waals surface area (Å²) in [5.74, 6) is 0. The average molecular weight is 208 g/mol. The maximum Gasteiger partial charge on any atom is 2.00 e. The van der Waals surface area contributed by atoms with E-state index < -0.39 is 22.0 Å². The summed E-state index contributed by atoms with van der Waals surface area (Å²) in [5.41, 5.74) is 0. The van der Waals surface area contributed by atoms with E-state index >= 15 is 0 Å². The maximum atomic E-state index is 8.53. The first-order valence-corrected chi connectivity index (χ1v) is 2.28. The van der Waals surface area contributed by atoms with E-state index in [0.717, 1.165) is 0 Å². The van der Waals surface area contributed by atoms with Crippen LogP contribution in [-0.2, 0) is 0 Å². The van der Waals surface area contributed by atoms with Gasteiger partial charge in [-0.05, 0) is 0 Å². The van der Waals surface area contributed by atoms with Crippen LogP contribution in [0, 0.1) is 0 Å². The van der Waals surface area contributed by atoms with Crippen molar-refractivity contribution in [3.63, 3.8) is 0 Å². The Morgan fingerprint density at radius 2 is 0.615 bits per heavy atom. The fraction of sp³-hybridized carbons (Fsp3) is 0. The van der Waals surface area contributed by atoms with Crippen molar-refractivity contribution in [2.24, 2.45) is 0 Å². The third kappa shape index (κ3) is 3920. The first-order chi connectivity index (χ1) is 5.20. The monoisotopic (exact) mass is 208 g/mol. The predicted molar refractivity (Wildman–Crippen MR) is 38.5 cm³/mol. The Bertz CT molecular complexity index is 43.4. The molecule has 9 nitrogen and oxygen atoms in total. The summed E-state index contributed by atoms with van der Waals surface area (Å²) in [6.45, 7) is 0. The molecule has 0 aliphatic rings. The van der Waals surface area contributed by atoms with Crippen LogP contribution in [0.2, 0.25) is 0 Å². The van der Waals surface area contributed by atoms with Crippen molar-refractivity contribution in [3.05, 3.63) is 0 Å². The molecular formula is H7B3MgO9. The quantitative estimate of drug-likeness (QED) is 0.189. The van der Waals surface area contributed by atoms with Crippen molar-refractivity contribution in [1.29, 1.82) is 0 Å². The van der Waals surface area contributed by atoms with Crippen LogP contribution in [-0.4, -0.2) is 80.2 Å². The molecule has 72 valence electrons. The second kappa shape index (κ2) is 18.4. The smallest absolute Gasteiger partial charge is 0.871 e. The molecule has 0 heterocycles. The molecule has 13 heavy (non-hydrogen) atoms. The molecule has 7 N–H and O–H groups in total. The Morgan fingerprint density at radius 1 is 0.615 bits per heavy atom. The molecule has 0 amide bonds. The van der Waals surface area contributed by atoms with Crippen LogP contribution < -0.4 is 10.0 Å². The van der Waals surface area contributed by atoms with Crippen LogP contribution in [0.15, 0.2) is 0 Å². The molecule has 0 rings (SSSR count). The summed E-state index contributed by atoms with van der Waals surface area (Å²) in [4.78, 5) is 0. The Hall–Kier alpha value is 0.601. The van der Waals surface area contributed by atoms with Crippen molar-refractivity contribution < 1.29 is 45.2 Å². The standard InChI is InChI=1S/2BH3O3.BHO3.Mg/c3*2-1(3)4;/h2*2-4H;2H;/q;;-2;+2. The van der Waals surface area contributed by atoms with Gasteiger partial charge in [0.05, 0.1) is 7.32 Å². The van der Waals surface area contributed by atoms with Gasteiger partial charge in [0, 0.05) is 0 Å². The van der Waals surface area contributed by atoms with Gasteiger partial charge in [-0.3, -0.25) is 0 Å². The van der Waals surface area contributed by atoms with Gasteiger partial charge in [-0.15, -0.1) is 0 Å². The van der Waals surface area contributed by atoms with Crippen LogP contribution in [0.4, 0.5) is 0 Å². The van der Waals surface area contributed by atoms with E-state index in [1.54, 1.807) is 0 Å². The molecular weight excluding hydrogens is 201 g/mol. The van der Waals surface area contributed by atoms with Crippen molar-refractivity contribution in [2.75, 3.05) is 0 Å². The minimum Gasteiger partial charge on any atom is -0.871 e. The Morgan fingerprint density at radius 3 is 0.615 bits per heavy atom. The van der Waals surface area contributed by atoms with Crippen LogP contribution in [0.5, 0.6) is 0 Å². The molecule has 0 saturated heterocycles. The fourth-order valence-corrected chi connectivity index (χ4v) is 0. The molecule has 0 aliphatic carbocycles. The first kappa shape index (κ1) is 23.4. The zero-order chi connectivity index (χ0) is 10.7. The van der Waals surface area contributed by atoms with E-state index in [1.807, 2.05) is 0 Å². The molecule has 0 aromatic heterocycles. The fourth-order valence-electron chi connectivity index (χ4n) is 0. The normalized spacial score (nSPS) is 6.23. The molecule has 0 bridgehead atoms. The molecule has 0 saturated carbocycles. The van der Waals surface area contributed by atoms with E-state index in [2.05, 4.69) is 0 Å². The number of rotatable bonds is 0. The Kier molecular flexibility index (Phi) is 33.2. The summed E-state index contributed by atoms with van der Waals surface area (Å²) < 4.78 is 0. The summed E-state index contributed by atoms with van der Waals surface area (Å²) in [6, 6.07) is 0. The minimum absolute atomic E-state index is 0. The molecule has 0 aliphatic heterocycles. The number of hydrogen-bond donors (Lipinski definition) is 7. The van der Waals surface area contributed by atoms with Gasteiger partial charge in [-0.25, -0.2) is 0 Å². The molecule has 0 unspecified atom stereocenters. The Balaban J connectivity index is -0.0000000450. The summed E-state index contributed by atoms with van der Waals surface area (Å²) >= 11 is 0. The van der Waals surface area contributed by atoms with Gasteiger partial charge in [-0.1, -0.05) is 0 Å². The summed E-state index contributed by atoms with van der Waals surface area (Å²) in [6.07, 6.45) is 0. The van der Waals surface area contributed by atoms with Gasteiger partial charge in [0.25, 0.3) is 0 Å². The van der Waals surface area contributed by atoms with Gasteiger partial charge in [0.2, 0.25) is 0 Å². The number of hydrogen-bond acceptors (Lipinski definition) is 9. The van der Waals surface area contributed by atoms with Crippen molar-refractivity contribution in [3.8, 4) is 0 Å². The second-order valence-electron chi connectivity index (χ2n) is 1.000. The molecule has 0 aromatic carbocycles. The zero-order valence-corrected chi connectivity index (χ0v) is 7.80. The molecule has 13 heteroatoms. The van der Waals surface area contributed by atoms with E-state index in [-0.39, 0.29) is 23.1 Å². The predicted octanol–water partition coefficient (Wildman–Crippen LogP) is -7.80. The molecule has 0 fully saturated rings. The van der Waals surface area contributed by atoms with Crippen molar-refractivity contribution in [2.45, 2.75) is 0 Å². The van der Waals surface area contributed by atoms with Crippen molar-refractivity contribution >= 4 is 45.0 Å². The summed E-state index contributed by atoms with van der Waals surface area (Å²) in [7, 11) is -7.00. The third-order valence-electron chi connectivity index (χ3n) is 0. The molecule has 0 aromatic rings. The molecule has 0 spiro atoms. The topological polar surface area (TPSA) is 188 Å². The first-order valence-electron chi connectivity index (χ1n) is 2.28. The Labute approximate surface area is 90.6 Å². The van der Waals surface area contributed by atoms with E-state index in [9.17, 15) is 0 Å². The van der Waals surface area contributed by atoms with Gasteiger partial charge < -0.3 is 45.2 Å². The van der Waals surface area contributed by atoms with Crippen LogP contribution in [0.3, 0.4) is 0 Å². The van der Waals surface area contributed by atoms with Crippen LogP contribution in [0.1, 0.15) is 0 Å². The van der Waals surface area contributed by atoms with Crippen LogP contribution >= 0.6 is 0 Å². The van der Waals surface area contributed by atoms with Gasteiger partial charge >= 0.3 is 37.7 Å². The molecule has 0 atom stereocenters. The SMILES string of the molecule is OB(O)O.OB(O)O.[Mg+2].[O-]B([O-])O. The van der Waals surface area contributed by atoms with Crippen molar-refractivity contribution in [1.82, 2.24) is 0 Å². The second-order valence-corrected chi connectivity index (χ2v) is 1.000. The van der Waals surface area contributed by atoms with E-state index in [0.29, 0.717) is 0 Å². The zero-order valence-electron chi connectivity index (χ0n) is 6.39. The van der Waals surface area contributed by atoms with Gasteiger partial charge in [-0.2, -0.15) is 0 Å². The van der Waals surface area contributed by atoms with Gasteiger partial charge in [0.1, 0.15) is 0 Å². The summed E-state index contributed by atoms with van der Waals surface area (Å²) in [5, 5.41) is 67.0. The largest absolute Gasteiger partial charge is 2.00 e. The van der Waals surface area contributed by atoms with E-state index in [1.165, 1.54) is 0 Å². The third-order valence-corrected chi connectivity index (χ3v) is 0. The van der Waals surface area contributed by atoms with E-state index in [4.69, 9.17) is 45.2 Å². The van der Waals surface area contributed by atoms with Crippen LogP contribution in [0.25, 0.3) is 0 Å². The molecule has 0 radical (unpaired) electrons. The average Bonchev–Trinajstić information content (AvgIpc) is 1.54. The van der Waals surface area contributed by atoms with Gasteiger partial charge in [0.15, 0.2) is 0 Å². The minimum atomic E-state index is -2.67. The maximum absolute atomic E-state index is 8.53.